The van der Waals surface area contributed by atoms with Crippen LogP contribution in [0.25, 0.3) is 0 Å². The molecule has 0 aliphatic rings. The zero-order valence-electron chi connectivity index (χ0n) is 10.0. The molecule has 5 heteroatoms. The topological polar surface area (TPSA) is 64.1 Å². The first-order valence-electron chi connectivity index (χ1n) is 5.21. The van der Waals surface area contributed by atoms with E-state index in [1.54, 1.807) is 6.92 Å². The van der Waals surface area contributed by atoms with Crippen LogP contribution < -0.4 is 5.32 Å². The summed E-state index contributed by atoms with van der Waals surface area (Å²) >= 11 is 0. The molecule has 1 heterocycles. The van der Waals surface area contributed by atoms with Gasteiger partial charge in [-0.1, -0.05) is 13.8 Å². The lowest BCUT2D eigenvalue weighted by atomic mass is 10.1. The highest BCUT2D eigenvalue weighted by atomic mass is 16.5. The average Bonchev–Trinajstić information content (AvgIpc) is 2.28. The van der Waals surface area contributed by atoms with Crippen molar-refractivity contribution in [1.29, 1.82) is 0 Å². The van der Waals surface area contributed by atoms with Gasteiger partial charge in [-0.25, -0.2) is 14.8 Å². The summed E-state index contributed by atoms with van der Waals surface area (Å²) in [5.41, 5.74) is 0.939. The molecule has 1 atom stereocenters. The minimum Gasteiger partial charge on any atom is -0.467 e. The van der Waals surface area contributed by atoms with E-state index in [0.29, 0.717) is 11.7 Å². The Kier molecular flexibility index (Phi) is 4.22. The van der Waals surface area contributed by atoms with Crippen LogP contribution in [0.4, 0.5) is 5.82 Å². The lowest BCUT2D eigenvalue weighted by Crippen LogP contribution is -2.27. The first-order valence-corrected chi connectivity index (χ1v) is 5.21. The smallest absolute Gasteiger partial charge is 0.328 e. The Hall–Kier alpha value is -1.65. The third-order valence-corrected chi connectivity index (χ3v) is 2.20. The minimum absolute atomic E-state index is 0.315. The number of carbonyl (C=O) groups excluding carboxylic acids is 1. The van der Waals surface area contributed by atoms with Crippen LogP contribution in [-0.2, 0) is 9.53 Å². The van der Waals surface area contributed by atoms with E-state index < -0.39 is 6.04 Å². The predicted molar refractivity (Wildman–Crippen MR) is 61.2 cm³/mol. The summed E-state index contributed by atoms with van der Waals surface area (Å²) in [6, 6.07) is 1.42. The van der Waals surface area contributed by atoms with Gasteiger partial charge in [-0.15, -0.1) is 0 Å². The van der Waals surface area contributed by atoms with Crippen LogP contribution in [0.1, 0.15) is 32.4 Å². The van der Waals surface area contributed by atoms with Crippen LogP contribution >= 0.6 is 0 Å². The van der Waals surface area contributed by atoms with Crippen LogP contribution in [0, 0.1) is 0 Å². The van der Waals surface area contributed by atoms with Gasteiger partial charge in [-0.3, -0.25) is 0 Å². The number of ether oxygens (including phenoxy) is 1. The summed E-state index contributed by atoms with van der Waals surface area (Å²) in [5, 5.41) is 2.96. The van der Waals surface area contributed by atoms with Gasteiger partial charge in [0, 0.05) is 11.8 Å². The molecule has 0 spiro atoms. The molecule has 0 saturated heterocycles. The molecule has 0 aliphatic heterocycles. The number of nitrogens with zero attached hydrogens (tertiary/aromatic N) is 2. The second-order valence-corrected chi connectivity index (χ2v) is 3.87. The highest BCUT2D eigenvalue weighted by Crippen LogP contribution is 2.14. The molecule has 1 unspecified atom stereocenters. The van der Waals surface area contributed by atoms with E-state index in [1.807, 2.05) is 6.07 Å². The van der Waals surface area contributed by atoms with Gasteiger partial charge in [-0.05, 0) is 12.8 Å². The standard InChI is InChI=1S/C11H17N3O2/c1-7(2)9-5-10(13-6-12-9)14-8(3)11(15)16-4/h5-8H,1-4H3,(H,12,13,14). The van der Waals surface area contributed by atoms with Crippen molar-refractivity contribution >= 4 is 11.8 Å². The second-order valence-electron chi connectivity index (χ2n) is 3.87. The number of rotatable bonds is 4. The molecule has 0 bridgehead atoms. The van der Waals surface area contributed by atoms with Crippen LogP contribution in [0.3, 0.4) is 0 Å². The molecular weight excluding hydrogens is 206 g/mol. The molecule has 1 N–H and O–H groups in total. The van der Waals surface area contributed by atoms with E-state index in [1.165, 1.54) is 13.4 Å². The number of aromatic nitrogens is 2. The number of hydrogen-bond donors (Lipinski definition) is 1. The number of nitrogens with one attached hydrogen (secondary N) is 1. The van der Waals surface area contributed by atoms with Crippen LogP contribution in [0.5, 0.6) is 0 Å². The van der Waals surface area contributed by atoms with Crippen molar-refractivity contribution in [3.05, 3.63) is 18.1 Å². The molecule has 5 nitrogen and oxygen atoms in total. The maximum atomic E-state index is 11.2. The van der Waals surface area contributed by atoms with Crippen molar-refractivity contribution in [2.45, 2.75) is 32.7 Å². The zero-order valence-corrected chi connectivity index (χ0v) is 10.0. The summed E-state index contributed by atoms with van der Waals surface area (Å²) in [6.07, 6.45) is 1.49. The molecule has 1 aromatic rings. The van der Waals surface area contributed by atoms with Crippen LogP contribution in [0.15, 0.2) is 12.4 Å². The van der Waals surface area contributed by atoms with Gasteiger partial charge < -0.3 is 10.1 Å². The molecule has 0 aromatic carbocycles. The first-order chi connectivity index (χ1) is 7.54. The van der Waals surface area contributed by atoms with Gasteiger partial charge in [0.25, 0.3) is 0 Å². The number of carbonyl (C=O) groups is 1. The zero-order chi connectivity index (χ0) is 12.1. The van der Waals surface area contributed by atoms with E-state index in [9.17, 15) is 4.79 Å². The molecule has 0 amide bonds. The maximum absolute atomic E-state index is 11.2. The minimum atomic E-state index is -0.417. The van der Waals surface area contributed by atoms with E-state index in [0.717, 1.165) is 5.69 Å². The Morgan fingerprint density at radius 3 is 2.62 bits per heavy atom. The average molecular weight is 223 g/mol. The fourth-order valence-electron chi connectivity index (χ4n) is 1.22. The monoisotopic (exact) mass is 223 g/mol. The molecule has 0 fully saturated rings. The Labute approximate surface area is 95.3 Å². The van der Waals surface area contributed by atoms with Crippen LogP contribution in [-0.4, -0.2) is 29.1 Å². The Bertz CT molecular complexity index is 366. The van der Waals surface area contributed by atoms with Crippen molar-refractivity contribution in [2.24, 2.45) is 0 Å². The predicted octanol–water partition coefficient (Wildman–Crippen LogP) is 1.57. The molecule has 1 rings (SSSR count). The van der Waals surface area contributed by atoms with Crippen LogP contribution in [0.2, 0.25) is 0 Å². The van der Waals surface area contributed by atoms with Gasteiger partial charge >= 0.3 is 5.97 Å². The number of esters is 1. The van der Waals surface area contributed by atoms with E-state index >= 15 is 0 Å². The summed E-state index contributed by atoms with van der Waals surface area (Å²) in [5.74, 6) is 0.651. The molecule has 0 saturated carbocycles. The molecule has 16 heavy (non-hydrogen) atoms. The molecule has 1 aromatic heterocycles. The van der Waals surface area contributed by atoms with Gasteiger partial charge in [0.15, 0.2) is 0 Å². The largest absolute Gasteiger partial charge is 0.467 e. The molecule has 88 valence electrons. The van der Waals surface area contributed by atoms with Crippen molar-refractivity contribution in [3.63, 3.8) is 0 Å². The Morgan fingerprint density at radius 1 is 1.38 bits per heavy atom. The first kappa shape index (κ1) is 12.4. The Morgan fingerprint density at radius 2 is 2.06 bits per heavy atom. The number of methoxy groups -OCH3 is 1. The van der Waals surface area contributed by atoms with E-state index in [2.05, 4.69) is 33.9 Å². The summed E-state index contributed by atoms with van der Waals surface area (Å²) in [6.45, 7) is 5.83. The number of hydrogen-bond acceptors (Lipinski definition) is 5. The molecular formula is C11H17N3O2. The fourth-order valence-corrected chi connectivity index (χ4v) is 1.22. The SMILES string of the molecule is COC(=O)C(C)Nc1cc(C(C)C)ncn1. The lowest BCUT2D eigenvalue weighted by molar-refractivity contribution is -0.141. The Balaban J connectivity index is 2.74. The normalized spacial score (nSPS) is 12.3. The summed E-state index contributed by atoms with van der Waals surface area (Å²) in [4.78, 5) is 19.4. The third kappa shape index (κ3) is 3.18. The van der Waals surface area contributed by atoms with Crippen molar-refractivity contribution in [3.8, 4) is 0 Å². The quantitative estimate of drug-likeness (QED) is 0.785. The second kappa shape index (κ2) is 5.44. The maximum Gasteiger partial charge on any atom is 0.328 e. The van der Waals surface area contributed by atoms with Crippen molar-refractivity contribution < 1.29 is 9.53 Å². The summed E-state index contributed by atoms with van der Waals surface area (Å²) < 4.78 is 4.62. The van der Waals surface area contributed by atoms with E-state index in [4.69, 9.17) is 0 Å². The molecule has 0 radical (unpaired) electrons. The molecule has 0 aliphatic carbocycles. The van der Waals surface area contributed by atoms with Gasteiger partial charge in [-0.2, -0.15) is 0 Å². The van der Waals surface area contributed by atoms with E-state index in [-0.39, 0.29) is 5.97 Å². The van der Waals surface area contributed by atoms with Gasteiger partial charge in [0.2, 0.25) is 0 Å². The third-order valence-electron chi connectivity index (χ3n) is 2.20. The summed E-state index contributed by atoms with van der Waals surface area (Å²) in [7, 11) is 1.36. The fraction of sp³-hybridized carbons (Fsp3) is 0.545. The highest BCUT2D eigenvalue weighted by Gasteiger charge is 2.13. The highest BCUT2D eigenvalue weighted by molar-refractivity contribution is 5.78. The van der Waals surface area contributed by atoms with Gasteiger partial charge in [0.1, 0.15) is 18.2 Å². The van der Waals surface area contributed by atoms with Crippen molar-refractivity contribution in [1.82, 2.24) is 9.97 Å². The van der Waals surface area contributed by atoms with Crippen molar-refractivity contribution in [2.75, 3.05) is 12.4 Å². The lowest BCUT2D eigenvalue weighted by Gasteiger charge is -2.13. The van der Waals surface area contributed by atoms with Gasteiger partial charge in [0.05, 0.1) is 7.11 Å². The number of anilines is 1.